The van der Waals surface area contributed by atoms with Crippen LogP contribution in [-0.2, 0) is 0 Å². The molecule has 1 aromatic carbocycles. The number of pyridine rings is 1. The summed E-state index contributed by atoms with van der Waals surface area (Å²) in [5.41, 5.74) is 3.79. The molecule has 6 heteroatoms. The number of hydrogen-bond donors (Lipinski definition) is 2. The van der Waals surface area contributed by atoms with Crippen LogP contribution in [0.15, 0.2) is 48.8 Å². The van der Waals surface area contributed by atoms with Crippen molar-refractivity contribution in [1.82, 2.24) is 20.1 Å². The molecule has 2 aromatic heterocycles. The van der Waals surface area contributed by atoms with Crippen molar-refractivity contribution < 1.29 is 4.39 Å². The molecule has 3 heterocycles. The molecule has 0 atom stereocenters. The molecule has 5 nitrogen and oxygen atoms in total. The highest BCUT2D eigenvalue weighted by molar-refractivity contribution is 5.81. The molecule has 1 saturated heterocycles. The van der Waals surface area contributed by atoms with E-state index in [4.69, 9.17) is 0 Å². The molecule has 0 saturated carbocycles. The molecule has 1 aliphatic heterocycles. The van der Waals surface area contributed by atoms with Crippen molar-refractivity contribution in [2.24, 2.45) is 0 Å². The van der Waals surface area contributed by atoms with E-state index in [1.54, 1.807) is 18.3 Å². The molecule has 3 aromatic rings. The second-order valence-corrected chi connectivity index (χ2v) is 6.82. The van der Waals surface area contributed by atoms with Gasteiger partial charge in [0.05, 0.1) is 11.9 Å². The van der Waals surface area contributed by atoms with E-state index in [-0.39, 0.29) is 5.82 Å². The van der Waals surface area contributed by atoms with Crippen molar-refractivity contribution in [2.45, 2.75) is 18.9 Å². The summed E-state index contributed by atoms with van der Waals surface area (Å²) in [6.45, 7) is 2.21. The van der Waals surface area contributed by atoms with Crippen molar-refractivity contribution >= 4 is 5.82 Å². The Labute approximate surface area is 152 Å². The topological polar surface area (TPSA) is 56.8 Å². The van der Waals surface area contributed by atoms with Crippen LogP contribution in [0.2, 0.25) is 0 Å². The molecule has 1 fully saturated rings. The van der Waals surface area contributed by atoms with E-state index < -0.39 is 0 Å². The fraction of sp³-hybridized carbons (Fsp3) is 0.300. The fourth-order valence-corrected chi connectivity index (χ4v) is 3.38. The predicted octanol–water partition coefficient (Wildman–Crippen LogP) is 3.78. The third-order valence-electron chi connectivity index (χ3n) is 4.91. The maximum absolute atomic E-state index is 13.2. The number of H-pyrrole nitrogens is 1. The Morgan fingerprint density at radius 3 is 2.65 bits per heavy atom. The Kier molecular flexibility index (Phi) is 4.67. The Hall–Kier alpha value is -2.73. The zero-order valence-corrected chi connectivity index (χ0v) is 14.7. The second-order valence-electron chi connectivity index (χ2n) is 6.82. The zero-order chi connectivity index (χ0) is 17.9. The van der Waals surface area contributed by atoms with Crippen LogP contribution < -0.4 is 5.32 Å². The van der Waals surface area contributed by atoms with Crippen LogP contribution in [0.1, 0.15) is 12.8 Å². The number of hydrogen-bond acceptors (Lipinski definition) is 4. The molecule has 1 aliphatic rings. The maximum atomic E-state index is 13.2. The van der Waals surface area contributed by atoms with Gasteiger partial charge in [-0.1, -0.05) is 0 Å². The number of nitrogens with zero attached hydrogens (tertiary/aromatic N) is 3. The maximum Gasteiger partial charge on any atom is 0.126 e. The summed E-state index contributed by atoms with van der Waals surface area (Å²) in [4.78, 5) is 6.82. The van der Waals surface area contributed by atoms with Gasteiger partial charge in [0.2, 0.25) is 0 Å². The highest BCUT2D eigenvalue weighted by Crippen LogP contribution is 2.31. The van der Waals surface area contributed by atoms with Gasteiger partial charge in [0.25, 0.3) is 0 Å². The number of piperidine rings is 1. The van der Waals surface area contributed by atoms with Crippen molar-refractivity contribution in [3.05, 3.63) is 54.6 Å². The Bertz CT molecular complexity index is 866. The third-order valence-corrected chi connectivity index (χ3v) is 4.91. The van der Waals surface area contributed by atoms with E-state index in [1.807, 2.05) is 12.3 Å². The Morgan fingerprint density at radius 2 is 1.88 bits per heavy atom. The minimum atomic E-state index is -0.247. The first-order valence-electron chi connectivity index (χ1n) is 8.90. The smallest absolute Gasteiger partial charge is 0.126 e. The summed E-state index contributed by atoms with van der Waals surface area (Å²) in [6, 6.07) is 10.9. The summed E-state index contributed by atoms with van der Waals surface area (Å²) >= 11 is 0. The average molecular weight is 351 g/mol. The average Bonchev–Trinajstić information content (AvgIpc) is 3.14. The zero-order valence-electron chi connectivity index (χ0n) is 14.7. The van der Waals surface area contributed by atoms with E-state index >= 15 is 0 Å². The lowest BCUT2D eigenvalue weighted by atomic mass is 10.0. The molecular formula is C20H22FN5. The summed E-state index contributed by atoms with van der Waals surface area (Å²) < 4.78 is 13.2. The molecule has 4 rings (SSSR count). The molecule has 0 spiro atoms. The number of likely N-dealkylation sites (tertiary alicyclic amines) is 1. The van der Waals surface area contributed by atoms with Gasteiger partial charge in [-0.2, -0.15) is 5.10 Å². The quantitative estimate of drug-likeness (QED) is 0.751. The standard InChI is InChI=1S/C20H22FN5/c1-26-10-7-17(8-11-26)24-19-12-15(6-9-22-19)18-13-23-25-20(18)14-2-4-16(21)5-3-14/h2-6,9,12-13,17H,7-8,10-11H2,1H3,(H,22,24)(H,23,25). The Balaban J connectivity index is 1.57. The van der Waals surface area contributed by atoms with Crippen molar-refractivity contribution in [1.29, 1.82) is 0 Å². The normalized spacial score (nSPS) is 15.9. The highest BCUT2D eigenvalue weighted by atomic mass is 19.1. The monoisotopic (exact) mass is 351 g/mol. The van der Waals surface area contributed by atoms with Crippen LogP contribution in [0.5, 0.6) is 0 Å². The summed E-state index contributed by atoms with van der Waals surface area (Å²) in [5.74, 6) is 0.631. The van der Waals surface area contributed by atoms with Crippen LogP contribution in [0.4, 0.5) is 10.2 Å². The number of aromatic amines is 1. The molecule has 26 heavy (non-hydrogen) atoms. The lowest BCUT2D eigenvalue weighted by Crippen LogP contribution is -2.36. The van der Waals surface area contributed by atoms with Gasteiger partial charge in [-0.25, -0.2) is 9.37 Å². The highest BCUT2D eigenvalue weighted by Gasteiger charge is 2.17. The SMILES string of the molecule is CN1CCC(Nc2cc(-c3cn[nH]c3-c3ccc(F)cc3)ccn2)CC1. The molecule has 134 valence electrons. The van der Waals surface area contributed by atoms with Crippen molar-refractivity contribution in [2.75, 3.05) is 25.5 Å². The molecule has 0 unspecified atom stereocenters. The van der Waals surface area contributed by atoms with E-state index in [9.17, 15) is 4.39 Å². The summed E-state index contributed by atoms with van der Waals surface area (Å²) in [5, 5.41) is 10.8. The van der Waals surface area contributed by atoms with Gasteiger partial charge in [-0.3, -0.25) is 5.10 Å². The molecule has 0 amide bonds. The second kappa shape index (κ2) is 7.25. The molecule has 0 aliphatic carbocycles. The van der Waals surface area contributed by atoms with E-state index in [1.165, 1.54) is 12.1 Å². The lowest BCUT2D eigenvalue weighted by molar-refractivity contribution is 0.263. The predicted molar refractivity (Wildman–Crippen MR) is 101 cm³/mol. The first-order chi connectivity index (χ1) is 12.7. The van der Waals surface area contributed by atoms with E-state index in [0.29, 0.717) is 6.04 Å². The number of benzene rings is 1. The first kappa shape index (κ1) is 16.7. The lowest BCUT2D eigenvalue weighted by Gasteiger charge is -2.29. The van der Waals surface area contributed by atoms with Gasteiger partial charge in [-0.15, -0.1) is 0 Å². The molecule has 2 N–H and O–H groups in total. The van der Waals surface area contributed by atoms with Crippen molar-refractivity contribution in [3.63, 3.8) is 0 Å². The largest absolute Gasteiger partial charge is 0.367 e. The van der Waals surface area contributed by atoms with Gasteiger partial charge >= 0.3 is 0 Å². The van der Waals surface area contributed by atoms with E-state index in [2.05, 4.69) is 38.5 Å². The van der Waals surface area contributed by atoms with Crippen LogP contribution in [0.3, 0.4) is 0 Å². The number of aromatic nitrogens is 3. The minimum Gasteiger partial charge on any atom is -0.367 e. The third kappa shape index (κ3) is 3.60. The fourth-order valence-electron chi connectivity index (χ4n) is 3.38. The van der Waals surface area contributed by atoms with Crippen LogP contribution >= 0.6 is 0 Å². The van der Waals surface area contributed by atoms with Gasteiger partial charge in [0.1, 0.15) is 11.6 Å². The molecule has 0 radical (unpaired) electrons. The number of rotatable bonds is 4. The number of halogens is 1. The van der Waals surface area contributed by atoms with Crippen LogP contribution in [-0.4, -0.2) is 46.3 Å². The summed E-state index contributed by atoms with van der Waals surface area (Å²) in [6.07, 6.45) is 5.85. The number of anilines is 1. The molecular weight excluding hydrogens is 329 g/mol. The minimum absolute atomic E-state index is 0.247. The molecule has 0 bridgehead atoms. The summed E-state index contributed by atoms with van der Waals surface area (Å²) in [7, 11) is 2.16. The van der Waals surface area contributed by atoms with Gasteiger partial charge in [0.15, 0.2) is 0 Å². The van der Waals surface area contributed by atoms with Gasteiger partial charge in [0, 0.05) is 23.4 Å². The number of nitrogens with one attached hydrogen (secondary N) is 2. The Morgan fingerprint density at radius 1 is 1.12 bits per heavy atom. The van der Waals surface area contributed by atoms with Gasteiger partial charge in [-0.05, 0) is 74.9 Å². The first-order valence-corrected chi connectivity index (χ1v) is 8.90. The van der Waals surface area contributed by atoms with Gasteiger partial charge < -0.3 is 10.2 Å². The van der Waals surface area contributed by atoms with Crippen LogP contribution in [0, 0.1) is 5.82 Å². The van der Waals surface area contributed by atoms with Crippen molar-refractivity contribution in [3.8, 4) is 22.4 Å². The van der Waals surface area contributed by atoms with E-state index in [0.717, 1.165) is 54.1 Å². The van der Waals surface area contributed by atoms with Crippen LogP contribution in [0.25, 0.3) is 22.4 Å².